The number of nitrogens with zero attached hydrogens (tertiary/aromatic N) is 4. The molecule has 2 atom stereocenters. The Kier molecular flexibility index (Phi) is 2.74. The largest absolute Gasteiger partial charge is 0.328 e. The fraction of sp³-hybridized carbons (Fsp3) is 0.375. The fourth-order valence-electron chi connectivity index (χ4n) is 3.53. The number of hydrogen-bond acceptors (Lipinski definition) is 4. The molecule has 106 valence electrons. The molecule has 2 bridgehead atoms. The fourth-order valence-corrected chi connectivity index (χ4v) is 3.53. The van der Waals surface area contributed by atoms with Crippen molar-refractivity contribution < 1.29 is 4.79 Å². The lowest BCUT2D eigenvalue weighted by molar-refractivity contribution is 0.0643. The summed E-state index contributed by atoms with van der Waals surface area (Å²) in [7, 11) is 0. The summed E-state index contributed by atoms with van der Waals surface area (Å²) < 4.78 is 0. The molecule has 0 aliphatic carbocycles. The molecule has 0 radical (unpaired) electrons. The lowest BCUT2D eigenvalue weighted by Gasteiger charge is -2.35. The first-order valence-electron chi connectivity index (χ1n) is 7.29. The summed E-state index contributed by atoms with van der Waals surface area (Å²) in [5, 5.41) is 0. The molecule has 1 saturated heterocycles. The summed E-state index contributed by atoms with van der Waals surface area (Å²) in [6.45, 7) is 1.91. The first-order chi connectivity index (χ1) is 10.2. The van der Waals surface area contributed by atoms with Gasteiger partial charge in [-0.25, -0.2) is 9.97 Å². The number of hydrogen-bond donors (Lipinski definition) is 0. The first kappa shape index (κ1) is 12.4. The Morgan fingerprint density at radius 2 is 2.24 bits per heavy atom. The highest BCUT2D eigenvalue weighted by atomic mass is 16.2. The third-order valence-electron chi connectivity index (χ3n) is 4.45. The van der Waals surface area contributed by atoms with Crippen LogP contribution >= 0.6 is 0 Å². The molecule has 2 aromatic rings. The first-order valence-corrected chi connectivity index (χ1v) is 7.29. The lowest BCUT2D eigenvalue weighted by atomic mass is 9.98. The van der Waals surface area contributed by atoms with Crippen molar-refractivity contribution in [3.8, 4) is 0 Å². The van der Waals surface area contributed by atoms with Crippen molar-refractivity contribution in [2.24, 2.45) is 0 Å². The average molecular weight is 280 g/mol. The van der Waals surface area contributed by atoms with Crippen molar-refractivity contribution in [2.75, 3.05) is 0 Å². The molecular weight excluding hydrogens is 264 g/mol. The summed E-state index contributed by atoms with van der Waals surface area (Å²) in [6.07, 6.45) is 8.09. The number of amides is 1. The van der Waals surface area contributed by atoms with Gasteiger partial charge in [0, 0.05) is 36.6 Å². The molecule has 5 nitrogen and oxygen atoms in total. The maximum atomic E-state index is 12.8. The summed E-state index contributed by atoms with van der Waals surface area (Å²) in [5.74, 6) is 0.877. The van der Waals surface area contributed by atoms with E-state index >= 15 is 0 Å². The summed E-state index contributed by atoms with van der Waals surface area (Å²) in [5.41, 5.74) is 2.89. The topological polar surface area (TPSA) is 59.0 Å². The normalized spacial score (nSPS) is 23.0. The van der Waals surface area contributed by atoms with Crippen molar-refractivity contribution in [2.45, 2.75) is 38.3 Å². The minimum Gasteiger partial charge on any atom is -0.328 e. The molecule has 0 spiro atoms. The SMILES string of the molecule is Cc1ncc2c(n1)C[C@H]1CC[C@H]2N1C(=O)c1cccnc1. The van der Waals surface area contributed by atoms with Crippen LogP contribution in [0.1, 0.15) is 46.3 Å². The van der Waals surface area contributed by atoms with E-state index in [1.165, 1.54) is 0 Å². The van der Waals surface area contributed by atoms with E-state index in [0.29, 0.717) is 5.56 Å². The van der Waals surface area contributed by atoms with Gasteiger partial charge in [0.2, 0.25) is 0 Å². The van der Waals surface area contributed by atoms with Gasteiger partial charge >= 0.3 is 0 Å². The number of carbonyl (C=O) groups is 1. The van der Waals surface area contributed by atoms with Gasteiger partial charge in [0.1, 0.15) is 5.82 Å². The Balaban J connectivity index is 1.73. The molecule has 2 aliphatic heterocycles. The zero-order chi connectivity index (χ0) is 14.4. The zero-order valence-corrected chi connectivity index (χ0v) is 11.9. The second-order valence-electron chi connectivity index (χ2n) is 5.72. The van der Waals surface area contributed by atoms with Gasteiger partial charge in [-0.1, -0.05) is 0 Å². The van der Waals surface area contributed by atoms with Crippen LogP contribution in [0, 0.1) is 6.92 Å². The van der Waals surface area contributed by atoms with Gasteiger partial charge in [0.15, 0.2) is 0 Å². The predicted molar refractivity (Wildman–Crippen MR) is 76.6 cm³/mol. The second-order valence-corrected chi connectivity index (χ2v) is 5.72. The molecule has 21 heavy (non-hydrogen) atoms. The Morgan fingerprint density at radius 1 is 1.33 bits per heavy atom. The number of carbonyl (C=O) groups excluding carboxylic acids is 1. The Morgan fingerprint density at radius 3 is 3.05 bits per heavy atom. The maximum Gasteiger partial charge on any atom is 0.256 e. The molecule has 0 N–H and O–H groups in total. The van der Waals surface area contributed by atoms with Crippen molar-refractivity contribution in [3.63, 3.8) is 0 Å². The quantitative estimate of drug-likeness (QED) is 0.802. The smallest absolute Gasteiger partial charge is 0.256 e. The molecule has 1 fully saturated rings. The van der Waals surface area contributed by atoms with E-state index in [0.717, 1.165) is 36.3 Å². The molecular formula is C16H16N4O. The number of pyridine rings is 1. The second kappa shape index (κ2) is 4.62. The van der Waals surface area contributed by atoms with Crippen molar-refractivity contribution in [1.29, 1.82) is 0 Å². The average Bonchev–Trinajstić information content (AvgIpc) is 2.82. The van der Waals surface area contributed by atoms with Gasteiger partial charge < -0.3 is 4.90 Å². The van der Waals surface area contributed by atoms with Crippen LogP contribution in [0.5, 0.6) is 0 Å². The minimum absolute atomic E-state index is 0.0711. The van der Waals surface area contributed by atoms with E-state index in [2.05, 4.69) is 15.0 Å². The van der Waals surface area contributed by atoms with Crippen molar-refractivity contribution >= 4 is 5.91 Å². The molecule has 0 saturated carbocycles. The molecule has 1 amide bonds. The predicted octanol–water partition coefficient (Wildman–Crippen LogP) is 2.08. The Labute approximate surface area is 123 Å². The van der Waals surface area contributed by atoms with Crippen LogP contribution in [0.2, 0.25) is 0 Å². The van der Waals surface area contributed by atoms with E-state index in [-0.39, 0.29) is 18.0 Å². The molecule has 2 aromatic heterocycles. The summed E-state index contributed by atoms with van der Waals surface area (Å²) in [4.78, 5) is 27.7. The number of fused-ring (bicyclic) bond motifs is 4. The van der Waals surface area contributed by atoms with Crippen molar-refractivity contribution in [3.05, 3.63) is 53.4 Å². The van der Waals surface area contributed by atoms with E-state index in [1.807, 2.05) is 24.1 Å². The number of aromatic nitrogens is 3. The molecule has 4 rings (SSSR count). The van der Waals surface area contributed by atoms with Crippen LogP contribution in [0.4, 0.5) is 0 Å². The van der Waals surface area contributed by atoms with Gasteiger partial charge in [-0.05, 0) is 31.9 Å². The van der Waals surface area contributed by atoms with Crippen LogP contribution < -0.4 is 0 Å². The van der Waals surface area contributed by atoms with E-state index < -0.39 is 0 Å². The highest BCUT2D eigenvalue weighted by Crippen LogP contribution is 2.43. The Hall–Kier alpha value is -2.30. The van der Waals surface area contributed by atoms with E-state index in [9.17, 15) is 4.79 Å². The van der Waals surface area contributed by atoms with E-state index in [4.69, 9.17) is 0 Å². The van der Waals surface area contributed by atoms with Crippen LogP contribution in [0.25, 0.3) is 0 Å². The standard InChI is InChI=1S/C16H16N4O/c1-10-18-9-13-14(19-10)7-12-4-5-15(13)20(12)16(21)11-3-2-6-17-8-11/h2-3,6,8-9,12,15H,4-5,7H2,1H3/t12-,15-/m1/s1. The third kappa shape index (κ3) is 1.92. The Bertz CT molecular complexity index is 701. The monoisotopic (exact) mass is 280 g/mol. The zero-order valence-electron chi connectivity index (χ0n) is 11.9. The van der Waals surface area contributed by atoms with Crippen molar-refractivity contribution in [1.82, 2.24) is 19.9 Å². The lowest BCUT2D eigenvalue weighted by Crippen LogP contribution is -2.42. The summed E-state index contributed by atoms with van der Waals surface area (Å²) >= 11 is 0. The van der Waals surface area contributed by atoms with Gasteiger partial charge in [0.05, 0.1) is 17.3 Å². The highest BCUT2D eigenvalue weighted by Gasteiger charge is 2.43. The van der Waals surface area contributed by atoms with Gasteiger partial charge in [-0.2, -0.15) is 0 Å². The summed E-state index contributed by atoms with van der Waals surface area (Å²) in [6, 6.07) is 4.01. The minimum atomic E-state index is 0.0711. The van der Waals surface area contributed by atoms with Crippen LogP contribution in [0.3, 0.4) is 0 Å². The molecule has 4 heterocycles. The van der Waals surface area contributed by atoms with Crippen LogP contribution in [-0.4, -0.2) is 31.8 Å². The maximum absolute atomic E-state index is 12.8. The highest BCUT2D eigenvalue weighted by molar-refractivity contribution is 5.94. The third-order valence-corrected chi connectivity index (χ3v) is 4.45. The van der Waals surface area contributed by atoms with E-state index in [1.54, 1.807) is 18.5 Å². The van der Waals surface area contributed by atoms with Crippen LogP contribution in [-0.2, 0) is 6.42 Å². The van der Waals surface area contributed by atoms with Gasteiger partial charge in [-0.3, -0.25) is 9.78 Å². The molecule has 2 aliphatic rings. The molecule has 5 heteroatoms. The van der Waals surface area contributed by atoms with Gasteiger partial charge in [-0.15, -0.1) is 0 Å². The van der Waals surface area contributed by atoms with Crippen LogP contribution in [0.15, 0.2) is 30.7 Å². The molecule has 0 unspecified atom stereocenters. The molecule has 0 aromatic carbocycles. The number of aryl methyl sites for hydroxylation is 1. The van der Waals surface area contributed by atoms with Gasteiger partial charge in [0.25, 0.3) is 5.91 Å². The number of rotatable bonds is 1.